The van der Waals surface area contributed by atoms with Gasteiger partial charge in [0.15, 0.2) is 0 Å². The van der Waals surface area contributed by atoms with Gasteiger partial charge in [-0.2, -0.15) is 4.89 Å². The lowest BCUT2D eigenvalue weighted by Gasteiger charge is -2.21. The minimum Gasteiger partial charge on any atom is -0.508 e. The molecule has 0 saturated carbocycles. The third-order valence-corrected chi connectivity index (χ3v) is 5.42. The summed E-state index contributed by atoms with van der Waals surface area (Å²) in [6.07, 6.45) is -0.749. The van der Waals surface area contributed by atoms with Gasteiger partial charge in [-0.25, -0.2) is 4.79 Å². The predicted molar refractivity (Wildman–Crippen MR) is 120 cm³/mol. The van der Waals surface area contributed by atoms with E-state index in [1.165, 1.54) is 26.0 Å². The molecule has 2 aromatic rings. The van der Waals surface area contributed by atoms with Gasteiger partial charge in [0.2, 0.25) is 11.8 Å². The number of aromatic hydroxyl groups is 1. The molecule has 0 radical (unpaired) electrons. The molecule has 0 aliphatic carbocycles. The van der Waals surface area contributed by atoms with E-state index in [4.69, 9.17) is 9.63 Å². The molecule has 10 nitrogen and oxygen atoms in total. The van der Waals surface area contributed by atoms with Crippen molar-refractivity contribution < 1.29 is 33.7 Å². The summed E-state index contributed by atoms with van der Waals surface area (Å²) in [5.74, 6) is -2.23. The summed E-state index contributed by atoms with van der Waals surface area (Å²) >= 11 is 0. The Kier molecular flexibility index (Phi) is 9.78. The molecule has 0 bridgehead atoms. The summed E-state index contributed by atoms with van der Waals surface area (Å²) in [6, 6.07) is 13.0. The molecule has 2 aromatic carbocycles. The van der Waals surface area contributed by atoms with Gasteiger partial charge in [0.05, 0.1) is 0 Å². The van der Waals surface area contributed by atoms with Gasteiger partial charge in [-0.1, -0.05) is 42.5 Å². The van der Waals surface area contributed by atoms with Crippen molar-refractivity contribution in [2.24, 2.45) is 0 Å². The molecule has 0 saturated heterocycles. The monoisotopic (exact) mass is 476 g/mol. The zero-order valence-corrected chi connectivity index (χ0v) is 19.1. The van der Waals surface area contributed by atoms with Crippen molar-refractivity contribution >= 4 is 25.9 Å². The molecule has 33 heavy (non-hydrogen) atoms. The zero-order valence-electron chi connectivity index (χ0n) is 18.2. The Hall–Kier alpha value is -3.49. The number of hydrogen-bond donors (Lipinski definition) is 5. The summed E-state index contributed by atoms with van der Waals surface area (Å²) in [5.41, 5.74) is 1.42. The van der Waals surface area contributed by atoms with Crippen LogP contribution >= 0.6 is 8.03 Å². The summed E-state index contributed by atoms with van der Waals surface area (Å²) in [7, 11) is -2.61. The van der Waals surface area contributed by atoms with Crippen LogP contribution in [0, 0.1) is 0 Å². The summed E-state index contributed by atoms with van der Waals surface area (Å²) in [4.78, 5) is 46.4. The fourth-order valence-electron chi connectivity index (χ4n) is 2.75. The zero-order chi connectivity index (χ0) is 24.4. The first kappa shape index (κ1) is 25.8. The van der Waals surface area contributed by atoms with E-state index in [2.05, 4.69) is 16.0 Å². The maximum absolute atomic E-state index is 12.8. The van der Waals surface area contributed by atoms with Crippen LogP contribution in [0.2, 0.25) is 0 Å². The molecule has 0 fully saturated rings. The Balaban J connectivity index is 2.04. The van der Waals surface area contributed by atoms with Crippen LogP contribution in [0.15, 0.2) is 54.6 Å². The van der Waals surface area contributed by atoms with Gasteiger partial charge in [-0.05, 0) is 34.7 Å². The Bertz CT molecular complexity index is 970. The highest BCUT2D eigenvalue weighted by Gasteiger charge is 2.29. The second-order valence-electron chi connectivity index (χ2n) is 7.35. The van der Waals surface area contributed by atoms with Crippen LogP contribution in [0.3, 0.4) is 0 Å². The molecule has 2 unspecified atom stereocenters. The minimum atomic E-state index is -2.61. The van der Waals surface area contributed by atoms with Gasteiger partial charge in [0, 0.05) is 13.3 Å². The summed E-state index contributed by atoms with van der Waals surface area (Å²) in [5, 5.41) is 16.8. The molecule has 2 rings (SSSR count). The van der Waals surface area contributed by atoms with Crippen molar-refractivity contribution in [3.8, 4) is 5.75 Å². The second kappa shape index (κ2) is 12.5. The van der Waals surface area contributed by atoms with E-state index in [0.717, 1.165) is 5.56 Å². The Morgan fingerprint density at radius 1 is 0.909 bits per heavy atom. The topological polar surface area (TPSA) is 154 Å². The standard InChI is InChI=1S/C22H26N3O7P/c1-14(20(27)24-15(2)33(30)31)23-21(28)19(12-16-8-10-18(26)11-9-16)25-22(29)32-13-17-6-4-3-5-7-17/h3-11,14-15,19H,12-13H2,1-2H3,(H4-,23,24,25,26,27,28,29,30,31)/p+1/t14-,15+,19?/m0/s1. The lowest BCUT2D eigenvalue weighted by atomic mass is 10.0. The maximum Gasteiger partial charge on any atom is 0.530 e. The molecule has 176 valence electrons. The van der Waals surface area contributed by atoms with E-state index in [0.29, 0.717) is 5.56 Å². The normalized spacial score (nSPS) is 13.7. The van der Waals surface area contributed by atoms with Crippen LogP contribution in [0.25, 0.3) is 0 Å². The number of phenols is 1. The van der Waals surface area contributed by atoms with Crippen LogP contribution in [0.1, 0.15) is 25.0 Å². The first-order valence-electron chi connectivity index (χ1n) is 10.2. The third-order valence-electron chi connectivity index (χ3n) is 4.63. The van der Waals surface area contributed by atoms with E-state index in [-0.39, 0.29) is 18.8 Å². The molecular weight excluding hydrogens is 449 g/mol. The van der Waals surface area contributed by atoms with E-state index in [9.17, 15) is 24.1 Å². The van der Waals surface area contributed by atoms with E-state index < -0.39 is 43.8 Å². The number of carbonyl (C=O) groups is 3. The van der Waals surface area contributed by atoms with Crippen LogP contribution in [-0.4, -0.2) is 45.8 Å². The maximum atomic E-state index is 12.8. The van der Waals surface area contributed by atoms with E-state index in [1.807, 2.05) is 6.07 Å². The Morgan fingerprint density at radius 3 is 2.15 bits per heavy atom. The number of phenolic OH excluding ortho intramolecular Hbond substituents is 1. The van der Waals surface area contributed by atoms with Crippen molar-refractivity contribution in [2.75, 3.05) is 0 Å². The molecule has 0 aliphatic heterocycles. The van der Waals surface area contributed by atoms with Gasteiger partial charge < -0.3 is 25.8 Å². The lowest BCUT2D eigenvalue weighted by molar-refractivity contribution is -0.129. The number of nitrogens with one attached hydrogen (secondary N) is 3. The van der Waals surface area contributed by atoms with Crippen molar-refractivity contribution in [1.82, 2.24) is 16.0 Å². The molecule has 11 heteroatoms. The molecule has 0 aromatic heterocycles. The first-order valence-corrected chi connectivity index (χ1v) is 11.4. The fourth-order valence-corrected chi connectivity index (χ4v) is 2.99. The third kappa shape index (κ3) is 8.88. The van der Waals surface area contributed by atoms with Gasteiger partial charge in [0.25, 0.3) is 5.78 Å². The lowest BCUT2D eigenvalue weighted by Crippen LogP contribution is -2.54. The molecule has 0 spiro atoms. The molecule has 0 heterocycles. The first-order chi connectivity index (χ1) is 15.7. The summed E-state index contributed by atoms with van der Waals surface area (Å²) < 4.78 is 16.3. The van der Waals surface area contributed by atoms with Crippen molar-refractivity contribution in [1.29, 1.82) is 0 Å². The minimum absolute atomic E-state index is 0.0102. The highest BCUT2D eigenvalue weighted by Crippen LogP contribution is 2.18. The van der Waals surface area contributed by atoms with Crippen LogP contribution in [-0.2, 0) is 31.9 Å². The highest BCUT2D eigenvalue weighted by atomic mass is 31.1. The smallest absolute Gasteiger partial charge is 0.508 e. The average Bonchev–Trinajstić information content (AvgIpc) is 2.79. The summed E-state index contributed by atoms with van der Waals surface area (Å²) in [6.45, 7) is 2.79. The number of amides is 3. The van der Waals surface area contributed by atoms with Gasteiger partial charge >= 0.3 is 14.1 Å². The van der Waals surface area contributed by atoms with E-state index >= 15 is 0 Å². The van der Waals surface area contributed by atoms with Gasteiger partial charge in [-0.15, -0.1) is 0 Å². The van der Waals surface area contributed by atoms with E-state index in [1.54, 1.807) is 36.4 Å². The number of alkyl carbamates (subject to hydrolysis) is 1. The van der Waals surface area contributed by atoms with Crippen LogP contribution in [0.5, 0.6) is 5.75 Å². The second-order valence-corrected chi connectivity index (χ2v) is 8.73. The molecular formula is C22H27N3O7P+. The highest BCUT2D eigenvalue weighted by molar-refractivity contribution is 7.38. The Labute approximate surface area is 192 Å². The molecule has 3 amide bonds. The van der Waals surface area contributed by atoms with Crippen LogP contribution < -0.4 is 16.0 Å². The number of carbonyl (C=O) groups excluding carboxylic acids is 3. The fraction of sp³-hybridized carbons (Fsp3) is 0.318. The molecule has 4 atom stereocenters. The van der Waals surface area contributed by atoms with Gasteiger partial charge in [0.1, 0.15) is 24.4 Å². The van der Waals surface area contributed by atoms with Crippen LogP contribution in [0.4, 0.5) is 4.79 Å². The molecule has 5 N–H and O–H groups in total. The number of ether oxygens (including phenoxy) is 1. The predicted octanol–water partition coefficient (Wildman–Crippen LogP) is 1.93. The van der Waals surface area contributed by atoms with Gasteiger partial charge in [-0.3, -0.25) is 9.59 Å². The van der Waals surface area contributed by atoms with Crippen molar-refractivity contribution in [2.45, 2.75) is 44.7 Å². The Morgan fingerprint density at radius 2 is 1.55 bits per heavy atom. The number of hydrogen-bond acceptors (Lipinski definition) is 6. The number of benzene rings is 2. The number of rotatable bonds is 10. The quantitative estimate of drug-likeness (QED) is 0.328. The SMILES string of the molecule is C[C@H](NC(=O)C(Cc1ccc(O)cc1)NC(=O)OCc1ccccc1)C(=O)N[C@@H](C)[P+](=O)O. The largest absolute Gasteiger partial charge is 0.530 e. The average molecular weight is 476 g/mol. The molecule has 0 aliphatic rings. The van der Waals surface area contributed by atoms with Crippen molar-refractivity contribution in [3.05, 3.63) is 65.7 Å². The van der Waals surface area contributed by atoms with Crippen molar-refractivity contribution in [3.63, 3.8) is 0 Å².